The Balaban J connectivity index is 1.57. The summed E-state index contributed by atoms with van der Waals surface area (Å²) in [7, 11) is -3.74. The molecule has 144 valence electrons. The highest BCUT2D eigenvalue weighted by Gasteiger charge is 2.32. The number of hydrogen-bond acceptors (Lipinski definition) is 6. The SMILES string of the molecule is O=C(NCc1ccco1)C1CCN(S(=O)(=O)c2ccc([N+](=O)[O-])cc2)CC1. The van der Waals surface area contributed by atoms with E-state index in [1.54, 1.807) is 12.1 Å². The van der Waals surface area contributed by atoms with Crippen molar-refractivity contribution in [3.05, 3.63) is 58.5 Å². The highest BCUT2D eigenvalue weighted by atomic mass is 32.2. The normalized spacial score (nSPS) is 16.1. The Morgan fingerprint density at radius 1 is 1.22 bits per heavy atom. The number of piperidine rings is 1. The molecule has 1 aromatic heterocycles. The number of benzene rings is 1. The molecule has 1 aromatic carbocycles. The molecule has 0 saturated carbocycles. The lowest BCUT2D eigenvalue weighted by Crippen LogP contribution is -2.42. The Labute approximate surface area is 156 Å². The average Bonchev–Trinajstić information content (AvgIpc) is 3.20. The number of amides is 1. The van der Waals surface area contributed by atoms with Crippen LogP contribution in [-0.2, 0) is 21.4 Å². The molecule has 1 fully saturated rings. The Hall–Kier alpha value is -2.72. The molecule has 0 bridgehead atoms. The van der Waals surface area contributed by atoms with Gasteiger partial charge in [0.05, 0.1) is 22.6 Å². The number of non-ortho nitro benzene ring substituents is 1. The molecule has 9 nitrogen and oxygen atoms in total. The van der Waals surface area contributed by atoms with E-state index >= 15 is 0 Å². The van der Waals surface area contributed by atoms with Gasteiger partial charge >= 0.3 is 0 Å². The van der Waals surface area contributed by atoms with Gasteiger partial charge in [-0.3, -0.25) is 14.9 Å². The second kappa shape index (κ2) is 7.89. The van der Waals surface area contributed by atoms with Crippen molar-refractivity contribution >= 4 is 21.6 Å². The molecule has 1 N–H and O–H groups in total. The van der Waals surface area contributed by atoms with E-state index in [0.717, 1.165) is 0 Å². The summed E-state index contributed by atoms with van der Waals surface area (Å²) in [6.45, 7) is 0.740. The molecule has 3 rings (SSSR count). The molecule has 2 heterocycles. The summed E-state index contributed by atoms with van der Waals surface area (Å²) in [5.74, 6) is 0.267. The predicted molar refractivity (Wildman–Crippen MR) is 95.1 cm³/mol. The zero-order valence-corrected chi connectivity index (χ0v) is 15.2. The molecule has 0 spiro atoms. The molecule has 0 radical (unpaired) electrons. The number of nitrogens with one attached hydrogen (secondary N) is 1. The molecule has 10 heteroatoms. The minimum atomic E-state index is -3.74. The first-order valence-electron chi connectivity index (χ1n) is 8.42. The fourth-order valence-corrected chi connectivity index (χ4v) is 4.45. The van der Waals surface area contributed by atoms with Crippen LogP contribution in [0.4, 0.5) is 5.69 Å². The van der Waals surface area contributed by atoms with Gasteiger partial charge in [0.15, 0.2) is 0 Å². The van der Waals surface area contributed by atoms with Crippen molar-refractivity contribution in [1.29, 1.82) is 0 Å². The van der Waals surface area contributed by atoms with E-state index in [1.165, 1.54) is 34.8 Å². The maximum atomic E-state index is 12.7. The summed E-state index contributed by atoms with van der Waals surface area (Å²) in [6, 6.07) is 8.30. The maximum Gasteiger partial charge on any atom is 0.269 e. The van der Waals surface area contributed by atoms with Crippen molar-refractivity contribution in [3.63, 3.8) is 0 Å². The highest BCUT2D eigenvalue weighted by molar-refractivity contribution is 7.89. The van der Waals surface area contributed by atoms with E-state index in [1.807, 2.05) is 0 Å². The Morgan fingerprint density at radius 2 is 1.89 bits per heavy atom. The number of hydrogen-bond donors (Lipinski definition) is 1. The van der Waals surface area contributed by atoms with Crippen LogP contribution in [0.1, 0.15) is 18.6 Å². The summed E-state index contributed by atoms with van der Waals surface area (Å²) in [5, 5.41) is 13.5. The monoisotopic (exact) mass is 393 g/mol. The Kier molecular flexibility index (Phi) is 5.57. The number of rotatable bonds is 6. The molecule has 0 atom stereocenters. The fraction of sp³-hybridized carbons (Fsp3) is 0.353. The molecule has 2 aromatic rings. The van der Waals surface area contributed by atoms with Crippen LogP contribution in [0.25, 0.3) is 0 Å². The molecule has 0 aliphatic carbocycles. The van der Waals surface area contributed by atoms with Crippen molar-refractivity contribution in [1.82, 2.24) is 9.62 Å². The van der Waals surface area contributed by atoms with Gasteiger partial charge in [-0.05, 0) is 37.1 Å². The molecule has 1 aliphatic heterocycles. The first-order valence-corrected chi connectivity index (χ1v) is 9.86. The first-order chi connectivity index (χ1) is 12.9. The summed E-state index contributed by atoms with van der Waals surface area (Å²) in [4.78, 5) is 22.4. The molecule has 27 heavy (non-hydrogen) atoms. The van der Waals surface area contributed by atoms with Gasteiger partial charge in [0.25, 0.3) is 5.69 Å². The third-order valence-electron chi connectivity index (χ3n) is 4.53. The third-order valence-corrected chi connectivity index (χ3v) is 6.44. The molecule has 0 unspecified atom stereocenters. The van der Waals surface area contributed by atoms with E-state index in [9.17, 15) is 23.3 Å². The van der Waals surface area contributed by atoms with E-state index in [0.29, 0.717) is 25.1 Å². The molecular weight excluding hydrogens is 374 g/mol. The number of nitro benzene ring substituents is 1. The minimum Gasteiger partial charge on any atom is -0.467 e. The van der Waals surface area contributed by atoms with Gasteiger partial charge in [0.1, 0.15) is 5.76 Å². The van der Waals surface area contributed by atoms with Gasteiger partial charge in [0.2, 0.25) is 15.9 Å². The van der Waals surface area contributed by atoms with Crippen molar-refractivity contribution < 1.29 is 22.6 Å². The number of sulfonamides is 1. The van der Waals surface area contributed by atoms with Crippen molar-refractivity contribution in [2.45, 2.75) is 24.3 Å². The van der Waals surface area contributed by atoms with E-state index < -0.39 is 14.9 Å². The summed E-state index contributed by atoms with van der Waals surface area (Å²) in [6.07, 6.45) is 2.36. The van der Waals surface area contributed by atoms with Crippen LogP contribution in [0.3, 0.4) is 0 Å². The lowest BCUT2D eigenvalue weighted by Gasteiger charge is -2.30. The molecular formula is C17H19N3O6S. The molecule has 1 saturated heterocycles. The first kappa shape index (κ1) is 19.1. The van der Waals surface area contributed by atoms with Crippen molar-refractivity contribution in [2.75, 3.05) is 13.1 Å². The number of nitrogens with zero attached hydrogens (tertiary/aromatic N) is 2. The zero-order valence-electron chi connectivity index (χ0n) is 14.4. The van der Waals surface area contributed by atoms with Gasteiger partial charge in [-0.15, -0.1) is 0 Å². The summed E-state index contributed by atoms with van der Waals surface area (Å²) in [5.41, 5.74) is -0.166. The van der Waals surface area contributed by atoms with Crippen LogP contribution in [0.2, 0.25) is 0 Å². The third kappa shape index (κ3) is 4.34. The standard InChI is InChI=1S/C17H19N3O6S/c21-17(18-12-15-2-1-11-26-15)13-7-9-19(10-8-13)27(24,25)16-5-3-14(4-6-16)20(22)23/h1-6,11,13H,7-10,12H2,(H,18,21). The van der Waals surface area contributed by atoms with Crippen molar-refractivity contribution in [3.8, 4) is 0 Å². The highest BCUT2D eigenvalue weighted by Crippen LogP contribution is 2.25. The van der Waals surface area contributed by atoms with Gasteiger partial charge in [-0.25, -0.2) is 8.42 Å². The molecule has 1 amide bonds. The largest absolute Gasteiger partial charge is 0.467 e. The second-order valence-corrected chi connectivity index (χ2v) is 8.16. The van der Waals surface area contributed by atoms with Crippen LogP contribution in [-0.4, -0.2) is 36.6 Å². The van der Waals surface area contributed by atoms with E-state index in [-0.39, 0.29) is 35.5 Å². The van der Waals surface area contributed by atoms with Crippen LogP contribution in [0.5, 0.6) is 0 Å². The summed E-state index contributed by atoms with van der Waals surface area (Å²) >= 11 is 0. The Morgan fingerprint density at radius 3 is 2.44 bits per heavy atom. The second-order valence-electron chi connectivity index (χ2n) is 6.23. The lowest BCUT2D eigenvalue weighted by molar-refractivity contribution is -0.384. The van der Waals surface area contributed by atoms with Gasteiger partial charge in [-0.2, -0.15) is 4.31 Å². The van der Waals surface area contributed by atoms with Gasteiger partial charge in [0, 0.05) is 31.1 Å². The van der Waals surface area contributed by atoms with Crippen LogP contribution < -0.4 is 5.32 Å². The Bertz CT molecular complexity index is 901. The quantitative estimate of drug-likeness (QED) is 0.591. The minimum absolute atomic E-state index is 0.00817. The van der Waals surface area contributed by atoms with Crippen molar-refractivity contribution in [2.24, 2.45) is 5.92 Å². The zero-order chi connectivity index (χ0) is 19.4. The van der Waals surface area contributed by atoms with Gasteiger partial charge in [-0.1, -0.05) is 0 Å². The number of carbonyl (C=O) groups excluding carboxylic acids is 1. The van der Waals surface area contributed by atoms with E-state index in [4.69, 9.17) is 4.42 Å². The smallest absolute Gasteiger partial charge is 0.269 e. The lowest BCUT2D eigenvalue weighted by atomic mass is 9.97. The van der Waals surface area contributed by atoms with Gasteiger partial charge < -0.3 is 9.73 Å². The van der Waals surface area contributed by atoms with E-state index in [2.05, 4.69) is 5.32 Å². The number of nitro groups is 1. The average molecular weight is 393 g/mol. The molecule has 1 aliphatic rings. The van der Waals surface area contributed by atoms with Crippen LogP contribution in [0, 0.1) is 16.0 Å². The number of carbonyl (C=O) groups is 1. The topological polar surface area (TPSA) is 123 Å². The maximum absolute atomic E-state index is 12.7. The van der Waals surface area contributed by atoms with Crippen LogP contribution in [0.15, 0.2) is 52.0 Å². The van der Waals surface area contributed by atoms with Crippen LogP contribution >= 0.6 is 0 Å². The predicted octanol–water partition coefficient (Wildman–Crippen LogP) is 1.90. The summed E-state index contributed by atoms with van der Waals surface area (Å²) < 4.78 is 31.8. The fourth-order valence-electron chi connectivity index (χ4n) is 2.98. The number of furan rings is 1.